The highest BCUT2D eigenvalue weighted by atomic mass is 16.2. The molecule has 12 nitrogen and oxygen atoms in total. The number of benzene rings is 4. The number of aromatic nitrogens is 3. The van der Waals surface area contributed by atoms with Crippen LogP contribution in [0.4, 0.5) is 0 Å². The van der Waals surface area contributed by atoms with E-state index in [1.807, 2.05) is 72.8 Å². The van der Waals surface area contributed by atoms with Gasteiger partial charge in [-0.25, -0.2) is 14.2 Å². The third-order valence-electron chi connectivity index (χ3n) is 8.06. The summed E-state index contributed by atoms with van der Waals surface area (Å²) in [6.45, 7) is -0.0869. The minimum Gasteiger partial charge on any atom is -0.370 e. The average molecular weight is 647 g/mol. The predicted molar refractivity (Wildman–Crippen MR) is 184 cm³/mol. The van der Waals surface area contributed by atoms with Crippen molar-refractivity contribution >= 4 is 17.8 Å². The normalized spacial score (nSPS) is 11.6. The van der Waals surface area contributed by atoms with Crippen molar-refractivity contribution in [1.29, 1.82) is 5.41 Å². The van der Waals surface area contributed by atoms with Crippen LogP contribution in [0.3, 0.4) is 0 Å². The van der Waals surface area contributed by atoms with Crippen molar-refractivity contribution < 1.29 is 9.59 Å². The molecule has 4 aromatic carbocycles. The van der Waals surface area contributed by atoms with E-state index in [9.17, 15) is 19.2 Å². The van der Waals surface area contributed by atoms with Crippen LogP contribution in [0.5, 0.6) is 0 Å². The van der Waals surface area contributed by atoms with Crippen LogP contribution in [0, 0.1) is 5.41 Å². The summed E-state index contributed by atoms with van der Waals surface area (Å²) in [5, 5.41) is 10.2. The second kappa shape index (κ2) is 15.4. The molecule has 6 N–H and O–H groups in total. The average Bonchev–Trinajstić information content (AvgIpc) is 3.35. The van der Waals surface area contributed by atoms with Gasteiger partial charge in [-0.05, 0) is 48.2 Å². The molecular formula is C36H38N8O4. The van der Waals surface area contributed by atoms with Crippen LogP contribution >= 0.6 is 0 Å². The summed E-state index contributed by atoms with van der Waals surface area (Å²) in [5.41, 5.74) is 12.5. The van der Waals surface area contributed by atoms with Gasteiger partial charge in [0.05, 0.1) is 23.8 Å². The van der Waals surface area contributed by atoms with E-state index < -0.39 is 35.2 Å². The maximum absolute atomic E-state index is 14.7. The van der Waals surface area contributed by atoms with Gasteiger partial charge in [-0.1, -0.05) is 97.1 Å². The Bertz CT molecular complexity index is 1850. The standard InChI is InChI=1S/C36H38N8O4/c37-32(45)30(22-13-23-40-34(38)39)41(33(46)31(26-14-5-1-6-15-26)27-16-7-2-8-17-27)24-25-42-35(47)43(28-18-9-3-10-19-28)44(36(42)48)29-20-11-4-12-21-29/h1-12,14-21,30-31H,13,22-25H2,(H2,37,45)(H4,38,39,40)/t30-/m1/s1. The van der Waals surface area contributed by atoms with Gasteiger partial charge in [0.15, 0.2) is 5.96 Å². The van der Waals surface area contributed by atoms with Crippen molar-refractivity contribution in [2.45, 2.75) is 31.3 Å². The Balaban J connectivity index is 1.58. The first-order valence-corrected chi connectivity index (χ1v) is 15.6. The first-order chi connectivity index (χ1) is 23.3. The molecule has 0 spiro atoms. The van der Waals surface area contributed by atoms with Crippen LogP contribution in [0.15, 0.2) is 131 Å². The van der Waals surface area contributed by atoms with Crippen LogP contribution in [-0.4, -0.2) is 55.7 Å². The Hall–Kier alpha value is -6.17. The molecule has 2 amide bonds. The molecular weight excluding hydrogens is 608 g/mol. The smallest absolute Gasteiger partial charge is 0.352 e. The molecule has 5 rings (SSSR count). The summed E-state index contributed by atoms with van der Waals surface area (Å²) in [7, 11) is 0. The molecule has 1 atom stereocenters. The van der Waals surface area contributed by atoms with Gasteiger partial charge in [0, 0.05) is 13.1 Å². The number of nitrogens with zero attached hydrogens (tertiary/aromatic N) is 4. The van der Waals surface area contributed by atoms with E-state index >= 15 is 0 Å². The van der Waals surface area contributed by atoms with Crippen molar-refractivity contribution in [3.05, 3.63) is 153 Å². The van der Waals surface area contributed by atoms with E-state index in [0.29, 0.717) is 28.9 Å². The second-order valence-electron chi connectivity index (χ2n) is 11.2. The minimum atomic E-state index is -1.08. The lowest BCUT2D eigenvalue weighted by molar-refractivity contribution is -0.140. The van der Waals surface area contributed by atoms with Gasteiger partial charge in [0.25, 0.3) is 0 Å². The van der Waals surface area contributed by atoms with Gasteiger partial charge < -0.3 is 21.7 Å². The number of carbonyl (C=O) groups is 2. The van der Waals surface area contributed by atoms with Crippen LogP contribution in [0.1, 0.15) is 29.9 Å². The third-order valence-corrected chi connectivity index (χ3v) is 8.06. The van der Waals surface area contributed by atoms with Gasteiger partial charge in [0.1, 0.15) is 6.04 Å². The molecule has 12 heteroatoms. The van der Waals surface area contributed by atoms with Gasteiger partial charge in [-0.2, -0.15) is 9.36 Å². The number of hydrogen-bond acceptors (Lipinski definition) is 5. The number of nitrogens with one attached hydrogen (secondary N) is 2. The molecule has 0 aliphatic rings. The lowest BCUT2D eigenvalue weighted by Gasteiger charge is -2.33. The van der Waals surface area contributed by atoms with Crippen molar-refractivity contribution in [3.63, 3.8) is 0 Å². The lowest BCUT2D eigenvalue weighted by atomic mass is 9.89. The predicted octanol–water partition coefficient (Wildman–Crippen LogP) is 2.57. The Morgan fingerprint density at radius 1 is 0.708 bits per heavy atom. The molecule has 1 heterocycles. The van der Waals surface area contributed by atoms with Crippen molar-refractivity contribution in [2.75, 3.05) is 13.1 Å². The summed E-state index contributed by atoms with van der Waals surface area (Å²) in [4.78, 5) is 57.1. The van der Waals surface area contributed by atoms with E-state index in [0.717, 1.165) is 4.57 Å². The molecule has 0 saturated carbocycles. The zero-order valence-electron chi connectivity index (χ0n) is 26.3. The molecule has 0 aliphatic carbocycles. The fraction of sp³-hybridized carbons (Fsp3) is 0.194. The maximum atomic E-state index is 14.7. The van der Waals surface area contributed by atoms with E-state index in [2.05, 4.69) is 5.32 Å². The molecule has 0 radical (unpaired) electrons. The molecule has 5 aromatic rings. The first-order valence-electron chi connectivity index (χ1n) is 15.6. The quantitative estimate of drug-likeness (QED) is 0.0820. The number of rotatable bonds is 14. The molecule has 0 saturated heterocycles. The zero-order chi connectivity index (χ0) is 34.0. The van der Waals surface area contributed by atoms with E-state index in [1.165, 1.54) is 14.3 Å². The molecule has 0 aliphatic heterocycles. The first kappa shape index (κ1) is 33.2. The van der Waals surface area contributed by atoms with Crippen LogP contribution in [0.2, 0.25) is 0 Å². The largest absolute Gasteiger partial charge is 0.370 e. The topological polar surface area (TPSA) is 174 Å². The van der Waals surface area contributed by atoms with Crippen LogP contribution in [-0.2, 0) is 16.1 Å². The van der Waals surface area contributed by atoms with E-state index in [-0.39, 0.29) is 32.0 Å². The van der Waals surface area contributed by atoms with Crippen molar-refractivity contribution in [3.8, 4) is 11.4 Å². The van der Waals surface area contributed by atoms with Crippen LogP contribution < -0.4 is 28.2 Å². The van der Waals surface area contributed by atoms with E-state index in [4.69, 9.17) is 16.9 Å². The fourth-order valence-electron chi connectivity index (χ4n) is 5.80. The highest BCUT2D eigenvalue weighted by Crippen LogP contribution is 2.28. The minimum absolute atomic E-state index is 0.159. The fourth-order valence-corrected chi connectivity index (χ4v) is 5.80. The summed E-state index contributed by atoms with van der Waals surface area (Å²) in [6.07, 6.45) is 0.523. The number of carbonyl (C=O) groups excluding carboxylic acids is 2. The molecule has 48 heavy (non-hydrogen) atoms. The zero-order valence-corrected chi connectivity index (χ0v) is 26.3. The molecule has 0 bridgehead atoms. The van der Waals surface area contributed by atoms with Gasteiger partial charge >= 0.3 is 11.4 Å². The van der Waals surface area contributed by atoms with Crippen LogP contribution in [0.25, 0.3) is 11.4 Å². The Labute approximate surface area is 277 Å². The lowest BCUT2D eigenvalue weighted by Crippen LogP contribution is -2.51. The summed E-state index contributed by atoms with van der Waals surface area (Å²) >= 11 is 0. The molecule has 0 fully saturated rings. The van der Waals surface area contributed by atoms with Gasteiger partial charge in [0.2, 0.25) is 11.8 Å². The second-order valence-corrected chi connectivity index (χ2v) is 11.2. The van der Waals surface area contributed by atoms with Crippen molar-refractivity contribution in [1.82, 2.24) is 24.1 Å². The number of nitrogens with two attached hydrogens (primary N) is 2. The number of hydrogen-bond donors (Lipinski definition) is 4. The Morgan fingerprint density at radius 3 is 1.56 bits per heavy atom. The Morgan fingerprint density at radius 2 is 1.15 bits per heavy atom. The monoisotopic (exact) mass is 646 g/mol. The SMILES string of the molecule is N=C(N)NCCC[C@H](C(N)=O)N(CCn1c(=O)n(-c2ccccc2)n(-c2ccccc2)c1=O)C(=O)C(c1ccccc1)c1ccccc1. The van der Waals surface area contributed by atoms with Crippen molar-refractivity contribution in [2.24, 2.45) is 11.5 Å². The molecule has 0 unspecified atom stereocenters. The number of primary amides is 1. The Kier molecular flexibility index (Phi) is 10.7. The number of para-hydroxylation sites is 2. The highest BCUT2D eigenvalue weighted by Gasteiger charge is 2.34. The summed E-state index contributed by atoms with van der Waals surface area (Å²) in [6, 6.07) is 34.9. The van der Waals surface area contributed by atoms with Gasteiger partial charge in [-0.15, -0.1) is 0 Å². The highest BCUT2D eigenvalue weighted by molar-refractivity contribution is 5.92. The third kappa shape index (κ3) is 7.44. The number of guanidine groups is 1. The summed E-state index contributed by atoms with van der Waals surface area (Å²) in [5.74, 6) is -2.16. The maximum Gasteiger partial charge on any atom is 0.352 e. The van der Waals surface area contributed by atoms with Gasteiger partial charge in [-0.3, -0.25) is 15.0 Å². The molecule has 246 valence electrons. The summed E-state index contributed by atoms with van der Waals surface area (Å²) < 4.78 is 3.65. The number of amides is 2. The molecule has 1 aromatic heterocycles. The van der Waals surface area contributed by atoms with E-state index in [1.54, 1.807) is 48.5 Å².